The summed E-state index contributed by atoms with van der Waals surface area (Å²) >= 11 is 13.4. The Hall–Kier alpha value is -0.310. The van der Waals surface area contributed by atoms with Gasteiger partial charge < -0.3 is 0 Å². The molecule has 19 heavy (non-hydrogen) atoms. The molecule has 0 amide bonds. The second-order valence-electron chi connectivity index (χ2n) is 4.65. The summed E-state index contributed by atoms with van der Waals surface area (Å²) in [4.78, 5) is 0. The Balaban J connectivity index is 2.27. The molecule has 2 rings (SSSR count). The van der Waals surface area contributed by atoms with Crippen LogP contribution in [0.25, 0.3) is 0 Å². The predicted molar refractivity (Wildman–Crippen MR) is 90.6 cm³/mol. The molecule has 0 radical (unpaired) electrons. The largest absolute Gasteiger partial charge is 0.0921 e. The van der Waals surface area contributed by atoms with Gasteiger partial charge in [-0.15, -0.1) is 0 Å². The summed E-state index contributed by atoms with van der Waals surface area (Å²) in [5.41, 5.74) is 3.91. The Bertz CT molecular complexity index is 566. The zero-order chi connectivity index (χ0) is 13.8. The van der Waals surface area contributed by atoms with Crippen molar-refractivity contribution in [3.8, 4) is 0 Å². The smallest absolute Gasteiger partial charge is 0.0449 e. The summed E-state index contributed by atoms with van der Waals surface area (Å²) in [6.45, 7) is 2.16. The van der Waals surface area contributed by atoms with Gasteiger partial charge in [-0.25, -0.2) is 0 Å². The lowest BCUT2D eigenvalue weighted by atomic mass is 9.91. The highest BCUT2D eigenvalue weighted by Crippen LogP contribution is 2.30. The summed E-state index contributed by atoms with van der Waals surface area (Å²) in [6, 6.07) is 14.6. The Morgan fingerprint density at radius 1 is 1.16 bits per heavy atom. The van der Waals surface area contributed by atoms with Gasteiger partial charge in [0.25, 0.3) is 0 Å². The second kappa shape index (κ2) is 6.92. The molecular formula is C16H15Br2Cl. The number of rotatable bonds is 4. The number of hydrogen-bond donors (Lipinski definition) is 0. The van der Waals surface area contributed by atoms with Crippen LogP contribution in [0.3, 0.4) is 0 Å². The lowest BCUT2D eigenvalue weighted by Crippen LogP contribution is -2.06. The van der Waals surface area contributed by atoms with Crippen LogP contribution in [0.1, 0.15) is 22.6 Å². The maximum atomic E-state index is 6.31. The van der Waals surface area contributed by atoms with Gasteiger partial charge in [-0.05, 0) is 48.1 Å². The number of hydrogen-bond acceptors (Lipinski definition) is 0. The fourth-order valence-corrected chi connectivity index (χ4v) is 3.57. The summed E-state index contributed by atoms with van der Waals surface area (Å²) in [6.07, 6.45) is 0.947. The first kappa shape index (κ1) is 15.1. The van der Waals surface area contributed by atoms with E-state index in [1.165, 1.54) is 16.7 Å². The molecule has 3 heteroatoms. The van der Waals surface area contributed by atoms with E-state index >= 15 is 0 Å². The van der Waals surface area contributed by atoms with Crippen LogP contribution in [0.5, 0.6) is 0 Å². The van der Waals surface area contributed by atoms with Crippen LogP contribution in [-0.2, 0) is 6.42 Å². The highest BCUT2D eigenvalue weighted by molar-refractivity contribution is 9.10. The molecule has 0 saturated carbocycles. The van der Waals surface area contributed by atoms with Gasteiger partial charge in [0.15, 0.2) is 0 Å². The summed E-state index contributed by atoms with van der Waals surface area (Å²) in [7, 11) is 0. The first-order valence-electron chi connectivity index (χ1n) is 6.17. The third-order valence-electron chi connectivity index (χ3n) is 3.30. The molecule has 0 saturated heterocycles. The molecule has 2 aromatic carbocycles. The minimum absolute atomic E-state index is 0.444. The normalized spacial score (nSPS) is 12.4. The number of benzene rings is 2. The van der Waals surface area contributed by atoms with Crippen molar-refractivity contribution in [2.45, 2.75) is 19.3 Å². The molecule has 0 aliphatic carbocycles. The van der Waals surface area contributed by atoms with Crippen LogP contribution in [0, 0.1) is 6.92 Å². The molecule has 0 fully saturated rings. The van der Waals surface area contributed by atoms with E-state index < -0.39 is 0 Å². The zero-order valence-electron chi connectivity index (χ0n) is 10.7. The van der Waals surface area contributed by atoms with Crippen LogP contribution in [0.4, 0.5) is 0 Å². The van der Waals surface area contributed by atoms with Gasteiger partial charge in [0.1, 0.15) is 0 Å². The lowest BCUT2D eigenvalue weighted by Gasteiger charge is -2.18. The summed E-state index contributed by atoms with van der Waals surface area (Å²) < 4.78 is 1.02. The highest BCUT2D eigenvalue weighted by atomic mass is 79.9. The van der Waals surface area contributed by atoms with E-state index in [2.05, 4.69) is 69.1 Å². The quantitative estimate of drug-likeness (QED) is 0.540. The molecule has 0 N–H and O–H groups in total. The topological polar surface area (TPSA) is 0 Å². The van der Waals surface area contributed by atoms with Gasteiger partial charge in [0.2, 0.25) is 0 Å². The molecular weight excluding hydrogens is 387 g/mol. The van der Waals surface area contributed by atoms with Crippen molar-refractivity contribution < 1.29 is 0 Å². The van der Waals surface area contributed by atoms with Crippen LogP contribution in [-0.4, -0.2) is 5.33 Å². The van der Waals surface area contributed by atoms with Gasteiger partial charge in [-0.3, -0.25) is 0 Å². The van der Waals surface area contributed by atoms with Crippen molar-refractivity contribution in [1.82, 2.24) is 0 Å². The van der Waals surface area contributed by atoms with Crippen LogP contribution >= 0.6 is 43.5 Å². The second-order valence-corrected chi connectivity index (χ2v) is 6.62. The maximum Gasteiger partial charge on any atom is 0.0449 e. The first-order valence-corrected chi connectivity index (χ1v) is 8.46. The molecule has 1 unspecified atom stereocenters. The van der Waals surface area contributed by atoms with Crippen molar-refractivity contribution in [2.75, 3.05) is 5.33 Å². The Morgan fingerprint density at radius 3 is 2.53 bits per heavy atom. The predicted octanol–water partition coefficient (Wildman–Crippen LogP) is 6.13. The lowest BCUT2D eigenvalue weighted by molar-refractivity contribution is 0.769. The number of halogens is 3. The summed E-state index contributed by atoms with van der Waals surface area (Å²) in [5, 5.41) is 1.76. The summed E-state index contributed by atoms with van der Waals surface area (Å²) in [5.74, 6) is 0.444. The molecule has 0 aromatic heterocycles. The first-order chi connectivity index (χ1) is 9.11. The molecule has 0 aliphatic heterocycles. The fourth-order valence-electron chi connectivity index (χ4n) is 2.25. The zero-order valence-corrected chi connectivity index (χ0v) is 14.6. The number of alkyl halides is 1. The molecule has 100 valence electrons. The Labute approximate surface area is 136 Å². The van der Waals surface area contributed by atoms with Crippen molar-refractivity contribution in [3.63, 3.8) is 0 Å². The molecule has 1 atom stereocenters. The van der Waals surface area contributed by atoms with E-state index in [1.807, 2.05) is 12.1 Å². The van der Waals surface area contributed by atoms with Gasteiger partial charge in [0, 0.05) is 14.8 Å². The van der Waals surface area contributed by atoms with Crippen molar-refractivity contribution in [2.24, 2.45) is 0 Å². The van der Waals surface area contributed by atoms with Crippen LogP contribution in [0.2, 0.25) is 5.02 Å². The molecule has 0 nitrogen and oxygen atoms in total. The van der Waals surface area contributed by atoms with Crippen molar-refractivity contribution >= 4 is 43.5 Å². The number of aryl methyl sites for hydroxylation is 1. The van der Waals surface area contributed by atoms with E-state index in [1.54, 1.807) is 0 Å². The minimum Gasteiger partial charge on any atom is -0.0921 e. The van der Waals surface area contributed by atoms with Gasteiger partial charge in [0.05, 0.1) is 0 Å². The highest BCUT2D eigenvalue weighted by Gasteiger charge is 2.14. The average Bonchev–Trinajstić information content (AvgIpc) is 2.39. The maximum absolute atomic E-state index is 6.31. The average molecular weight is 403 g/mol. The Kier molecular flexibility index (Phi) is 5.49. The van der Waals surface area contributed by atoms with E-state index in [9.17, 15) is 0 Å². The van der Waals surface area contributed by atoms with E-state index in [0.29, 0.717) is 5.92 Å². The molecule has 0 heterocycles. The molecule has 0 bridgehead atoms. The fraction of sp³-hybridized carbons (Fsp3) is 0.250. The van der Waals surface area contributed by atoms with Crippen molar-refractivity contribution in [1.29, 1.82) is 0 Å². The van der Waals surface area contributed by atoms with E-state index in [-0.39, 0.29) is 0 Å². The molecule has 2 aromatic rings. The minimum atomic E-state index is 0.444. The van der Waals surface area contributed by atoms with E-state index in [4.69, 9.17) is 11.6 Å². The molecule has 0 aliphatic rings. The standard InChI is InChI=1S/C16H15Br2Cl/c1-11-4-2-3-5-15(11)13(10-17)8-12-6-7-14(18)9-16(12)19/h2-7,9,13H,8,10H2,1H3. The van der Waals surface area contributed by atoms with E-state index in [0.717, 1.165) is 21.2 Å². The monoisotopic (exact) mass is 400 g/mol. The van der Waals surface area contributed by atoms with Crippen molar-refractivity contribution in [3.05, 3.63) is 68.7 Å². The van der Waals surface area contributed by atoms with Gasteiger partial charge in [-0.2, -0.15) is 0 Å². The van der Waals surface area contributed by atoms with Crippen LogP contribution in [0.15, 0.2) is 46.9 Å². The van der Waals surface area contributed by atoms with Gasteiger partial charge in [-0.1, -0.05) is 73.8 Å². The van der Waals surface area contributed by atoms with Crippen LogP contribution < -0.4 is 0 Å². The third-order valence-corrected chi connectivity index (χ3v) is 4.92. The Morgan fingerprint density at radius 2 is 1.89 bits per heavy atom. The SMILES string of the molecule is Cc1ccccc1C(CBr)Cc1ccc(Br)cc1Cl. The molecule has 0 spiro atoms. The van der Waals surface area contributed by atoms with Gasteiger partial charge >= 0.3 is 0 Å². The third kappa shape index (κ3) is 3.84.